The third-order valence-electron chi connectivity index (χ3n) is 5.59. The molecule has 1 aromatic carbocycles. The molecule has 3 atom stereocenters. The first kappa shape index (κ1) is 26.9. The molecule has 0 unspecified atom stereocenters. The van der Waals surface area contributed by atoms with Crippen LogP contribution in [0.25, 0.3) is 0 Å². The van der Waals surface area contributed by atoms with Crippen LogP contribution in [0, 0.1) is 10.1 Å². The Hall–Kier alpha value is -3.20. The molecule has 2 aromatic rings. The van der Waals surface area contributed by atoms with E-state index < -0.39 is 44.9 Å². The number of anilines is 1. The van der Waals surface area contributed by atoms with Gasteiger partial charge in [-0.3, -0.25) is 0 Å². The molecule has 0 saturated carbocycles. The van der Waals surface area contributed by atoms with Gasteiger partial charge in [-0.25, -0.2) is 4.79 Å². The van der Waals surface area contributed by atoms with Crippen LogP contribution in [0.1, 0.15) is 19.5 Å². The van der Waals surface area contributed by atoms with E-state index in [0.29, 0.717) is 9.78 Å². The Balaban J connectivity index is 1.42. The molecule has 0 bridgehead atoms. The summed E-state index contributed by atoms with van der Waals surface area (Å²) in [5, 5.41) is 29.0. The molecule has 0 spiro atoms. The van der Waals surface area contributed by atoms with Crippen LogP contribution in [0.2, 0.25) is 5.32 Å². The molecule has 1 aromatic heterocycles. The van der Waals surface area contributed by atoms with Crippen LogP contribution in [-0.2, 0) is 19.2 Å². The molecule has 2 saturated heterocycles. The van der Waals surface area contributed by atoms with Crippen LogP contribution in [0.15, 0.2) is 34.8 Å². The predicted molar refractivity (Wildman–Crippen MR) is 138 cm³/mol. The van der Waals surface area contributed by atoms with E-state index in [-0.39, 0.29) is 43.8 Å². The molecule has 4 rings (SSSR count). The summed E-state index contributed by atoms with van der Waals surface area (Å²) < 4.78 is -0.118. The molecule has 0 radical (unpaired) electrons. The van der Waals surface area contributed by atoms with E-state index in [2.05, 4.69) is 15.5 Å². The van der Waals surface area contributed by atoms with Gasteiger partial charge in [0.2, 0.25) is 0 Å². The SMILES string of the molecule is CC1(C)S[C@@H]2[C@H](NC(=O)/C(=N/OCC[Se]c3ccccc3[N+](=O)[O-])c3csc(N)n3)C(=O)N2[C@H]1C(=O)O. The monoisotopic (exact) mass is 614 g/mol. The quantitative estimate of drug-likeness (QED) is 0.0846. The number of nitrogens with two attached hydrogens (primary N) is 1. The zero-order valence-electron chi connectivity index (χ0n) is 19.5. The van der Waals surface area contributed by atoms with E-state index in [1.54, 1.807) is 32.0 Å². The fraction of sp³-hybridized carbons (Fsp3) is 0.381. The average molecular weight is 614 g/mol. The number of carboxylic acid groups (broad SMARTS) is 1. The van der Waals surface area contributed by atoms with E-state index in [9.17, 15) is 29.6 Å². The summed E-state index contributed by atoms with van der Waals surface area (Å²) in [4.78, 5) is 59.0. The number of hydrogen-bond acceptors (Lipinski definition) is 11. The molecule has 3 heterocycles. The number of carbonyl (C=O) groups excluding carboxylic acids is 2. The van der Waals surface area contributed by atoms with Crippen molar-refractivity contribution in [1.29, 1.82) is 0 Å². The Kier molecular flexibility index (Phi) is 7.73. The number of nitro benzene ring substituents is 1. The van der Waals surface area contributed by atoms with Gasteiger partial charge in [-0.2, -0.15) is 0 Å². The topological polar surface area (TPSA) is 190 Å². The van der Waals surface area contributed by atoms with Crippen molar-refractivity contribution in [1.82, 2.24) is 15.2 Å². The van der Waals surface area contributed by atoms with Crippen molar-refractivity contribution in [3.8, 4) is 0 Å². The Morgan fingerprint density at radius 1 is 1.41 bits per heavy atom. The number of β-lactam (4-membered cyclic amide) rings is 1. The minimum absolute atomic E-state index is 0.0429. The Morgan fingerprint density at radius 3 is 2.78 bits per heavy atom. The number of fused-ring (bicyclic) bond motifs is 1. The standard InChI is InChI=1S/C21H22N6O7S2Se/c1-21(2)15(19(30)31)26-17(29)14(18(26)36-21)24-16(28)13(10-9-35-20(22)23-10)25-34-7-8-37-12-6-4-3-5-11(12)27(32)33/h3-6,9,14-15,18H,7-8H2,1-2H3,(H2,22,23)(H,24,28)(H,30,31)/b25-13+/t14-,15+,18-/m1/s1. The summed E-state index contributed by atoms with van der Waals surface area (Å²) in [6, 6.07) is 4.53. The molecule has 0 aliphatic carbocycles. The van der Waals surface area contributed by atoms with E-state index in [1.165, 1.54) is 28.1 Å². The minimum atomic E-state index is -1.10. The first-order chi connectivity index (χ1) is 17.5. The molecule has 2 aliphatic rings. The summed E-state index contributed by atoms with van der Waals surface area (Å²) in [5.41, 5.74) is 5.73. The second-order valence-electron chi connectivity index (χ2n) is 8.47. The van der Waals surface area contributed by atoms with Crippen LogP contribution < -0.4 is 15.5 Å². The van der Waals surface area contributed by atoms with Gasteiger partial charge in [0.25, 0.3) is 0 Å². The zero-order valence-corrected chi connectivity index (χ0v) is 22.9. The number of carboxylic acids is 1. The number of rotatable bonds is 10. The molecule has 37 heavy (non-hydrogen) atoms. The molecule has 2 fully saturated rings. The minimum Gasteiger partial charge on any atom is -0.480 e. The zero-order chi connectivity index (χ0) is 26.9. The van der Waals surface area contributed by atoms with Crippen molar-refractivity contribution >= 4 is 76.8 Å². The van der Waals surface area contributed by atoms with Crippen molar-refractivity contribution in [2.45, 2.75) is 41.4 Å². The number of thiazole rings is 1. The van der Waals surface area contributed by atoms with Gasteiger partial charge in [-0.15, -0.1) is 0 Å². The van der Waals surface area contributed by atoms with Gasteiger partial charge in [0.05, 0.1) is 0 Å². The maximum absolute atomic E-state index is 13.1. The number of nitrogens with zero attached hydrogens (tertiary/aromatic N) is 4. The van der Waals surface area contributed by atoms with Gasteiger partial charge >= 0.3 is 216 Å². The summed E-state index contributed by atoms with van der Waals surface area (Å²) >= 11 is 2.14. The summed E-state index contributed by atoms with van der Waals surface area (Å²) in [7, 11) is 0. The number of thioether (sulfide) groups is 1. The van der Waals surface area contributed by atoms with Crippen LogP contribution in [0.4, 0.5) is 10.8 Å². The first-order valence-electron chi connectivity index (χ1n) is 10.8. The molecular formula is C21H22N6O7S2Se. The molecular weight excluding hydrogens is 591 g/mol. The fourth-order valence-corrected chi connectivity index (χ4v) is 7.93. The summed E-state index contributed by atoms with van der Waals surface area (Å²) in [6.07, 6.45) is 0. The maximum atomic E-state index is 13.1. The van der Waals surface area contributed by atoms with Gasteiger partial charge in [-0.1, -0.05) is 0 Å². The number of carbonyl (C=O) groups is 3. The van der Waals surface area contributed by atoms with Crippen molar-refractivity contribution in [2.75, 3.05) is 12.3 Å². The number of nitro groups is 1. The van der Waals surface area contributed by atoms with Crippen molar-refractivity contribution < 1.29 is 29.3 Å². The summed E-state index contributed by atoms with van der Waals surface area (Å²) in [6.45, 7) is 3.57. The predicted octanol–water partition coefficient (Wildman–Crippen LogP) is 0.434. The number of nitrogen functional groups attached to an aromatic ring is 1. The van der Waals surface area contributed by atoms with Gasteiger partial charge in [0.1, 0.15) is 0 Å². The average Bonchev–Trinajstić information content (AvgIpc) is 3.37. The molecule has 2 amide bonds. The van der Waals surface area contributed by atoms with Crippen LogP contribution in [0.3, 0.4) is 0 Å². The van der Waals surface area contributed by atoms with E-state index in [1.807, 2.05) is 0 Å². The van der Waals surface area contributed by atoms with Gasteiger partial charge in [0.15, 0.2) is 0 Å². The van der Waals surface area contributed by atoms with Gasteiger partial charge in [-0.05, 0) is 0 Å². The van der Waals surface area contributed by atoms with Crippen molar-refractivity contribution in [2.24, 2.45) is 5.16 Å². The second-order valence-corrected chi connectivity index (χ2v) is 13.5. The van der Waals surface area contributed by atoms with Crippen molar-refractivity contribution in [3.05, 3.63) is 45.5 Å². The smallest absolute Gasteiger partial charge is 0.480 e. The summed E-state index contributed by atoms with van der Waals surface area (Å²) in [5.74, 6) is -2.31. The number of benzene rings is 1. The van der Waals surface area contributed by atoms with E-state index >= 15 is 0 Å². The molecule has 4 N–H and O–H groups in total. The molecule has 13 nitrogen and oxygen atoms in total. The third kappa shape index (κ3) is 5.42. The Bertz CT molecular complexity index is 1290. The van der Waals surface area contributed by atoms with E-state index in [4.69, 9.17) is 10.6 Å². The molecule has 196 valence electrons. The first-order valence-corrected chi connectivity index (χ1v) is 14.6. The van der Waals surface area contributed by atoms with Crippen LogP contribution >= 0.6 is 23.1 Å². The number of aliphatic carboxylic acids is 1. The number of para-hydroxylation sites is 1. The van der Waals surface area contributed by atoms with Crippen LogP contribution in [-0.4, -0.2) is 87.2 Å². The van der Waals surface area contributed by atoms with Crippen molar-refractivity contribution in [3.63, 3.8) is 0 Å². The number of nitrogens with one attached hydrogen (secondary N) is 1. The van der Waals surface area contributed by atoms with Gasteiger partial charge in [0, 0.05) is 0 Å². The number of aromatic nitrogens is 1. The third-order valence-corrected chi connectivity index (χ3v) is 9.99. The number of amides is 2. The van der Waals surface area contributed by atoms with Crippen LogP contribution in [0.5, 0.6) is 0 Å². The van der Waals surface area contributed by atoms with E-state index in [0.717, 1.165) is 11.3 Å². The second kappa shape index (κ2) is 10.7. The van der Waals surface area contributed by atoms with Gasteiger partial charge < -0.3 is 5.11 Å². The Labute approximate surface area is 225 Å². The number of hydrogen-bond donors (Lipinski definition) is 3. The normalized spacial score (nSPS) is 22.2. The molecule has 16 heteroatoms. The Morgan fingerprint density at radius 2 is 2.14 bits per heavy atom. The molecule has 2 aliphatic heterocycles. The number of oxime groups is 1. The fourth-order valence-electron chi connectivity index (χ4n) is 3.99.